The molecule has 0 saturated carbocycles. The van der Waals surface area contributed by atoms with E-state index in [9.17, 15) is 13.6 Å². The molecule has 2 aromatic carbocycles. The second-order valence-corrected chi connectivity index (χ2v) is 6.13. The summed E-state index contributed by atoms with van der Waals surface area (Å²) in [7, 11) is 0. The van der Waals surface area contributed by atoms with Gasteiger partial charge in [-0.1, -0.05) is 41.4 Å². The Kier molecular flexibility index (Phi) is 6.06. The fraction of sp³-hybridized carbons (Fsp3) is 0.133. The first-order valence-corrected chi connectivity index (χ1v) is 8.14. The molecular weight excluding hydrogens is 351 g/mol. The van der Waals surface area contributed by atoms with Gasteiger partial charge >= 0.3 is 0 Å². The van der Waals surface area contributed by atoms with Gasteiger partial charge in [-0.2, -0.15) is 0 Å². The van der Waals surface area contributed by atoms with Gasteiger partial charge in [0.15, 0.2) is 11.6 Å². The molecule has 7 heteroatoms. The summed E-state index contributed by atoms with van der Waals surface area (Å²) in [5.74, 6) is -1.80. The van der Waals surface area contributed by atoms with Gasteiger partial charge in [-0.3, -0.25) is 4.79 Å². The predicted octanol–water partition coefficient (Wildman–Crippen LogP) is 5.14. The number of benzene rings is 2. The molecule has 0 saturated heterocycles. The van der Waals surface area contributed by atoms with E-state index in [1.807, 2.05) is 0 Å². The average molecular weight is 362 g/mol. The lowest BCUT2D eigenvalue weighted by molar-refractivity contribution is -0.113. The number of carbonyl (C=O) groups excluding carboxylic acids is 1. The van der Waals surface area contributed by atoms with Crippen molar-refractivity contribution in [3.63, 3.8) is 0 Å². The van der Waals surface area contributed by atoms with E-state index in [0.717, 1.165) is 6.07 Å². The lowest BCUT2D eigenvalue weighted by Crippen LogP contribution is -2.14. The molecule has 0 fully saturated rings. The third-order valence-corrected chi connectivity index (χ3v) is 4.55. The fourth-order valence-corrected chi connectivity index (χ4v) is 2.85. The van der Waals surface area contributed by atoms with Crippen molar-refractivity contribution in [1.29, 1.82) is 0 Å². The molecule has 0 heterocycles. The first-order chi connectivity index (χ1) is 10.5. The Morgan fingerprint density at radius 1 is 1.14 bits per heavy atom. The molecule has 0 bridgehead atoms. The summed E-state index contributed by atoms with van der Waals surface area (Å²) in [6.07, 6.45) is 0. The zero-order valence-electron chi connectivity index (χ0n) is 11.2. The average Bonchev–Trinajstić information content (AvgIpc) is 2.48. The van der Waals surface area contributed by atoms with E-state index in [2.05, 4.69) is 5.32 Å². The Morgan fingerprint density at radius 2 is 1.86 bits per heavy atom. The van der Waals surface area contributed by atoms with E-state index in [0.29, 0.717) is 10.7 Å². The molecule has 2 nitrogen and oxygen atoms in total. The Bertz CT molecular complexity index is 697. The van der Waals surface area contributed by atoms with Crippen molar-refractivity contribution in [3.8, 4) is 0 Å². The molecule has 0 aliphatic carbocycles. The van der Waals surface area contributed by atoms with Crippen molar-refractivity contribution in [1.82, 2.24) is 0 Å². The van der Waals surface area contributed by atoms with Gasteiger partial charge < -0.3 is 5.32 Å². The van der Waals surface area contributed by atoms with Crippen LogP contribution in [0.25, 0.3) is 0 Å². The van der Waals surface area contributed by atoms with Gasteiger partial charge in [-0.25, -0.2) is 8.78 Å². The van der Waals surface area contributed by atoms with Gasteiger partial charge in [0.05, 0.1) is 21.5 Å². The maximum absolute atomic E-state index is 13.4. The lowest BCUT2D eigenvalue weighted by Gasteiger charge is -2.08. The highest BCUT2D eigenvalue weighted by atomic mass is 35.5. The minimum Gasteiger partial charge on any atom is -0.324 e. The highest BCUT2D eigenvalue weighted by Crippen LogP contribution is 2.29. The highest BCUT2D eigenvalue weighted by molar-refractivity contribution is 7.99. The van der Waals surface area contributed by atoms with E-state index >= 15 is 0 Å². The Labute approximate surface area is 140 Å². The predicted molar refractivity (Wildman–Crippen MR) is 87.6 cm³/mol. The zero-order chi connectivity index (χ0) is 16.1. The number of hydrogen-bond donors (Lipinski definition) is 1. The van der Waals surface area contributed by atoms with Gasteiger partial charge in [0.25, 0.3) is 0 Å². The molecule has 2 aromatic rings. The quantitative estimate of drug-likeness (QED) is 0.798. The number of hydrogen-bond acceptors (Lipinski definition) is 2. The zero-order valence-corrected chi connectivity index (χ0v) is 13.5. The summed E-state index contributed by atoms with van der Waals surface area (Å²) in [6, 6.07) is 8.87. The summed E-state index contributed by atoms with van der Waals surface area (Å²) >= 11 is 13.0. The summed E-state index contributed by atoms with van der Waals surface area (Å²) < 4.78 is 26.5. The molecule has 1 N–H and O–H groups in total. The van der Waals surface area contributed by atoms with Crippen LogP contribution in [0, 0.1) is 11.6 Å². The topological polar surface area (TPSA) is 29.1 Å². The summed E-state index contributed by atoms with van der Waals surface area (Å²) in [5, 5.41) is 3.22. The fourth-order valence-electron chi connectivity index (χ4n) is 1.70. The SMILES string of the molecule is O=C(CSCc1cccc(F)c1F)Nc1cccc(Cl)c1Cl. The maximum Gasteiger partial charge on any atom is 0.234 e. The molecule has 0 aliphatic heterocycles. The third kappa shape index (κ3) is 4.35. The van der Waals surface area contributed by atoms with Crippen LogP contribution in [-0.2, 0) is 10.5 Å². The first-order valence-electron chi connectivity index (χ1n) is 6.23. The van der Waals surface area contributed by atoms with Gasteiger partial charge in [0.1, 0.15) is 0 Å². The van der Waals surface area contributed by atoms with E-state index in [1.54, 1.807) is 18.2 Å². The van der Waals surface area contributed by atoms with Crippen LogP contribution in [0.1, 0.15) is 5.56 Å². The van der Waals surface area contributed by atoms with Crippen molar-refractivity contribution in [2.75, 3.05) is 11.1 Å². The Morgan fingerprint density at radius 3 is 2.64 bits per heavy atom. The van der Waals surface area contributed by atoms with Crippen LogP contribution in [0.2, 0.25) is 10.0 Å². The molecule has 0 aromatic heterocycles. The summed E-state index contributed by atoms with van der Waals surface area (Å²) in [6.45, 7) is 0. The molecule has 0 aliphatic rings. The normalized spacial score (nSPS) is 10.5. The molecular formula is C15H11Cl2F2NOS. The number of rotatable bonds is 5. The van der Waals surface area contributed by atoms with Gasteiger partial charge in [0.2, 0.25) is 5.91 Å². The van der Waals surface area contributed by atoms with Crippen molar-refractivity contribution < 1.29 is 13.6 Å². The number of thioether (sulfide) groups is 1. The van der Waals surface area contributed by atoms with Crippen molar-refractivity contribution >= 4 is 46.6 Å². The molecule has 0 unspecified atom stereocenters. The molecule has 1 amide bonds. The first kappa shape index (κ1) is 17.1. The van der Waals surface area contributed by atoms with Crippen LogP contribution in [0.4, 0.5) is 14.5 Å². The van der Waals surface area contributed by atoms with Gasteiger partial charge in [0, 0.05) is 11.3 Å². The minimum absolute atomic E-state index is 0.0821. The number of anilines is 1. The number of amides is 1. The molecule has 22 heavy (non-hydrogen) atoms. The second-order valence-electron chi connectivity index (χ2n) is 4.36. The molecule has 0 radical (unpaired) electrons. The minimum atomic E-state index is -0.895. The third-order valence-electron chi connectivity index (χ3n) is 2.75. The van der Waals surface area contributed by atoms with E-state index in [-0.39, 0.29) is 28.0 Å². The van der Waals surface area contributed by atoms with E-state index < -0.39 is 11.6 Å². The molecule has 116 valence electrons. The standard InChI is InChI=1S/C15H11Cl2F2NOS/c16-10-4-2-6-12(14(10)17)20-13(21)8-22-7-9-3-1-5-11(18)15(9)19/h1-6H,7-8H2,(H,20,21). The van der Waals surface area contributed by atoms with Crippen LogP contribution >= 0.6 is 35.0 Å². The second kappa shape index (κ2) is 7.81. The number of halogens is 4. The summed E-state index contributed by atoms with van der Waals surface area (Å²) in [5.41, 5.74) is 0.635. The van der Waals surface area contributed by atoms with Gasteiger partial charge in [-0.15, -0.1) is 11.8 Å². The Balaban J connectivity index is 1.88. The van der Waals surface area contributed by atoms with Crippen molar-refractivity contribution in [2.24, 2.45) is 0 Å². The monoisotopic (exact) mass is 361 g/mol. The lowest BCUT2D eigenvalue weighted by atomic mass is 10.2. The smallest absolute Gasteiger partial charge is 0.234 e. The summed E-state index contributed by atoms with van der Waals surface area (Å²) in [4.78, 5) is 11.8. The molecule has 0 atom stereocenters. The van der Waals surface area contributed by atoms with Crippen LogP contribution in [0.15, 0.2) is 36.4 Å². The maximum atomic E-state index is 13.4. The largest absolute Gasteiger partial charge is 0.324 e. The van der Waals surface area contributed by atoms with Crippen LogP contribution in [-0.4, -0.2) is 11.7 Å². The van der Waals surface area contributed by atoms with Crippen LogP contribution in [0.5, 0.6) is 0 Å². The molecule has 2 rings (SSSR count). The molecule has 0 spiro atoms. The van der Waals surface area contributed by atoms with Crippen LogP contribution < -0.4 is 5.32 Å². The highest BCUT2D eigenvalue weighted by Gasteiger charge is 2.10. The van der Waals surface area contributed by atoms with E-state index in [1.165, 1.54) is 23.9 Å². The van der Waals surface area contributed by atoms with E-state index in [4.69, 9.17) is 23.2 Å². The number of carbonyl (C=O) groups is 1. The van der Waals surface area contributed by atoms with Crippen molar-refractivity contribution in [2.45, 2.75) is 5.75 Å². The number of nitrogens with one attached hydrogen (secondary N) is 1. The van der Waals surface area contributed by atoms with Crippen LogP contribution in [0.3, 0.4) is 0 Å². The Hall–Kier alpha value is -1.30. The van der Waals surface area contributed by atoms with Crippen molar-refractivity contribution in [3.05, 3.63) is 63.6 Å². The van der Waals surface area contributed by atoms with Gasteiger partial charge in [-0.05, 0) is 18.2 Å².